The molecule has 0 radical (unpaired) electrons. The van der Waals surface area contributed by atoms with Gasteiger partial charge in [0.15, 0.2) is 0 Å². The predicted octanol–water partition coefficient (Wildman–Crippen LogP) is 1.60. The van der Waals surface area contributed by atoms with Crippen LogP contribution >= 0.6 is 11.6 Å². The lowest BCUT2D eigenvalue weighted by molar-refractivity contribution is 0.242. The summed E-state index contributed by atoms with van der Waals surface area (Å²) in [5.41, 5.74) is 6.87. The monoisotopic (exact) mass is 317 g/mol. The zero-order chi connectivity index (χ0) is 14.9. The summed E-state index contributed by atoms with van der Waals surface area (Å²) >= 11 is 6.01. The number of benzene rings is 1. The van der Waals surface area contributed by atoms with Gasteiger partial charge in [-0.15, -0.1) is 0 Å². The average Bonchev–Trinajstić information content (AvgIpc) is 2.34. The molecule has 1 heterocycles. The van der Waals surface area contributed by atoms with Crippen molar-refractivity contribution in [3.8, 4) is 0 Å². The molecule has 1 aliphatic rings. The molecule has 20 heavy (non-hydrogen) atoms. The van der Waals surface area contributed by atoms with Crippen molar-refractivity contribution in [1.29, 1.82) is 0 Å². The van der Waals surface area contributed by atoms with E-state index in [4.69, 9.17) is 17.3 Å². The second kappa shape index (κ2) is 5.89. The number of nitrogens with two attached hydrogens (primary N) is 1. The Bertz CT molecular complexity index is 581. The Morgan fingerprint density at radius 3 is 2.75 bits per heavy atom. The minimum atomic E-state index is -3.59. The van der Waals surface area contributed by atoms with E-state index in [1.165, 1.54) is 12.1 Å². The lowest BCUT2D eigenvalue weighted by Crippen LogP contribution is -2.46. The Balaban J connectivity index is 2.22. The molecule has 1 aromatic rings. The van der Waals surface area contributed by atoms with E-state index in [9.17, 15) is 8.42 Å². The zero-order valence-electron chi connectivity index (χ0n) is 11.7. The van der Waals surface area contributed by atoms with Crippen LogP contribution in [-0.2, 0) is 10.0 Å². The molecule has 0 bridgehead atoms. The number of nitrogens with one attached hydrogen (secondary N) is 1. The van der Waals surface area contributed by atoms with Gasteiger partial charge in [0.25, 0.3) is 0 Å². The fourth-order valence-electron chi connectivity index (χ4n) is 2.38. The second-order valence-corrected chi connectivity index (χ2v) is 7.46. The first-order valence-electron chi connectivity index (χ1n) is 6.56. The van der Waals surface area contributed by atoms with Crippen molar-refractivity contribution in [3.63, 3.8) is 0 Å². The Labute approximate surface area is 125 Å². The van der Waals surface area contributed by atoms with Crippen molar-refractivity contribution in [2.45, 2.75) is 30.7 Å². The van der Waals surface area contributed by atoms with Crippen LogP contribution in [-0.4, -0.2) is 39.5 Å². The average molecular weight is 318 g/mol. The molecule has 0 saturated carbocycles. The maximum absolute atomic E-state index is 12.4. The molecule has 0 aliphatic carbocycles. The molecule has 1 aliphatic heterocycles. The first-order chi connectivity index (χ1) is 9.29. The molecule has 5 nitrogen and oxygen atoms in total. The van der Waals surface area contributed by atoms with Gasteiger partial charge in [-0.25, -0.2) is 13.1 Å². The highest BCUT2D eigenvalue weighted by Gasteiger charge is 2.24. The summed E-state index contributed by atoms with van der Waals surface area (Å²) in [6, 6.07) is 2.83. The fraction of sp³-hybridized carbons (Fsp3) is 0.538. The smallest absolute Gasteiger partial charge is 0.240 e. The van der Waals surface area contributed by atoms with Gasteiger partial charge in [0.1, 0.15) is 0 Å². The number of halogens is 1. The molecule has 1 unspecified atom stereocenters. The van der Waals surface area contributed by atoms with Crippen molar-refractivity contribution in [2.24, 2.45) is 0 Å². The van der Waals surface area contributed by atoms with E-state index in [2.05, 4.69) is 9.62 Å². The van der Waals surface area contributed by atoms with E-state index >= 15 is 0 Å². The molecule has 1 atom stereocenters. The van der Waals surface area contributed by atoms with E-state index in [1.807, 2.05) is 7.05 Å². The third-order valence-electron chi connectivity index (χ3n) is 3.61. The maximum Gasteiger partial charge on any atom is 0.240 e. The lowest BCUT2D eigenvalue weighted by atomic mass is 10.1. The van der Waals surface area contributed by atoms with Crippen LogP contribution in [0.5, 0.6) is 0 Å². The summed E-state index contributed by atoms with van der Waals surface area (Å²) in [4.78, 5) is 2.24. The summed E-state index contributed by atoms with van der Waals surface area (Å²) in [6.07, 6.45) is 1.83. The van der Waals surface area contributed by atoms with Gasteiger partial charge < -0.3 is 10.6 Å². The molecule has 112 valence electrons. The third kappa shape index (κ3) is 3.44. The number of piperidine rings is 1. The van der Waals surface area contributed by atoms with Gasteiger partial charge in [-0.1, -0.05) is 11.6 Å². The zero-order valence-corrected chi connectivity index (χ0v) is 13.3. The molecule has 0 spiro atoms. The van der Waals surface area contributed by atoms with Crippen LogP contribution in [0.3, 0.4) is 0 Å². The summed E-state index contributed by atoms with van der Waals surface area (Å²) < 4.78 is 27.5. The van der Waals surface area contributed by atoms with Crippen molar-refractivity contribution in [3.05, 3.63) is 22.7 Å². The molecule has 0 aromatic heterocycles. The summed E-state index contributed by atoms with van der Waals surface area (Å²) in [5, 5.41) is 0.367. The number of sulfonamides is 1. The van der Waals surface area contributed by atoms with E-state index in [0.717, 1.165) is 19.4 Å². The van der Waals surface area contributed by atoms with Crippen molar-refractivity contribution < 1.29 is 8.42 Å². The van der Waals surface area contributed by atoms with Crippen LogP contribution in [0.2, 0.25) is 5.02 Å². The highest BCUT2D eigenvalue weighted by atomic mass is 35.5. The maximum atomic E-state index is 12.4. The fourth-order valence-corrected chi connectivity index (χ4v) is 3.99. The van der Waals surface area contributed by atoms with Gasteiger partial charge >= 0.3 is 0 Å². The summed E-state index contributed by atoms with van der Waals surface area (Å²) in [6.45, 7) is 3.48. The molecular formula is C13H20ClN3O2S. The van der Waals surface area contributed by atoms with Crippen LogP contribution < -0.4 is 10.5 Å². The molecule has 1 saturated heterocycles. The Kier molecular flexibility index (Phi) is 4.59. The van der Waals surface area contributed by atoms with E-state index in [1.54, 1.807) is 6.92 Å². The summed E-state index contributed by atoms with van der Waals surface area (Å²) in [7, 11) is -1.60. The molecule has 3 N–H and O–H groups in total. The van der Waals surface area contributed by atoms with Crippen LogP contribution in [0.15, 0.2) is 17.0 Å². The normalized spacial score (nSPS) is 21.1. The van der Waals surface area contributed by atoms with Crippen LogP contribution in [0.4, 0.5) is 5.69 Å². The predicted molar refractivity (Wildman–Crippen MR) is 81.4 cm³/mol. The molecular weight excluding hydrogens is 298 g/mol. The van der Waals surface area contributed by atoms with Crippen LogP contribution in [0.25, 0.3) is 0 Å². The topological polar surface area (TPSA) is 75.4 Å². The summed E-state index contributed by atoms with van der Waals surface area (Å²) in [5.74, 6) is 0. The van der Waals surface area contributed by atoms with Crippen molar-refractivity contribution in [2.75, 3.05) is 25.9 Å². The number of nitrogens with zero attached hydrogens (tertiary/aromatic N) is 1. The standard InChI is InChI=1S/C13H20ClN3O2S/c1-9-12(14)6-11(7-13(9)15)20(18,19)16-10-4-3-5-17(2)8-10/h6-7,10,16H,3-5,8,15H2,1-2H3. The largest absolute Gasteiger partial charge is 0.398 e. The number of likely N-dealkylation sites (tertiary alicyclic amines) is 1. The molecule has 2 rings (SSSR count). The molecule has 0 amide bonds. The van der Waals surface area contributed by atoms with Crippen LogP contribution in [0, 0.1) is 6.92 Å². The molecule has 1 aromatic carbocycles. The number of likely N-dealkylation sites (N-methyl/N-ethyl adjacent to an activating group) is 1. The molecule has 7 heteroatoms. The highest BCUT2D eigenvalue weighted by molar-refractivity contribution is 7.89. The second-order valence-electron chi connectivity index (χ2n) is 5.34. The van der Waals surface area contributed by atoms with Gasteiger partial charge in [0.05, 0.1) is 4.90 Å². The van der Waals surface area contributed by atoms with E-state index < -0.39 is 10.0 Å². The quantitative estimate of drug-likeness (QED) is 0.830. The Morgan fingerprint density at radius 2 is 2.15 bits per heavy atom. The van der Waals surface area contributed by atoms with Crippen molar-refractivity contribution >= 4 is 27.3 Å². The first-order valence-corrected chi connectivity index (χ1v) is 8.42. The highest BCUT2D eigenvalue weighted by Crippen LogP contribution is 2.26. The van der Waals surface area contributed by atoms with Gasteiger partial charge in [-0.3, -0.25) is 0 Å². The number of hydrogen-bond donors (Lipinski definition) is 2. The number of anilines is 1. The third-order valence-corrected chi connectivity index (χ3v) is 5.51. The van der Waals surface area contributed by atoms with Gasteiger partial charge in [0.2, 0.25) is 10.0 Å². The first kappa shape index (κ1) is 15.6. The molecule has 1 fully saturated rings. The number of nitrogen functional groups attached to an aromatic ring is 1. The van der Waals surface area contributed by atoms with E-state index in [0.29, 0.717) is 22.8 Å². The Hall–Kier alpha value is -0.820. The number of rotatable bonds is 3. The van der Waals surface area contributed by atoms with Crippen molar-refractivity contribution in [1.82, 2.24) is 9.62 Å². The van der Waals surface area contributed by atoms with Crippen LogP contribution in [0.1, 0.15) is 18.4 Å². The van der Waals surface area contributed by atoms with Gasteiger partial charge in [-0.2, -0.15) is 0 Å². The number of hydrogen-bond acceptors (Lipinski definition) is 4. The Morgan fingerprint density at radius 1 is 1.45 bits per heavy atom. The van der Waals surface area contributed by atoms with E-state index in [-0.39, 0.29) is 10.9 Å². The lowest BCUT2D eigenvalue weighted by Gasteiger charge is -2.30. The minimum Gasteiger partial charge on any atom is -0.398 e. The SMILES string of the molecule is Cc1c(N)cc(S(=O)(=O)NC2CCCN(C)C2)cc1Cl. The van der Waals surface area contributed by atoms with Gasteiger partial charge in [0, 0.05) is 23.3 Å². The van der Waals surface area contributed by atoms with Gasteiger partial charge in [-0.05, 0) is 51.1 Å². The minimum absolute atomic E-state index is 0.0694.